The van der Waals surface area contributed by atoms with Crippen molar-refractivity contribution in [1.82, 2.24) is 4.98 Å². The molecule has 0 aliphatic heterocycles. The molecule has 1 aromatic carbocycles. The molecule has 4 heteroatoms. The van der Waals surface area contributed by atoms with Gasteiger partial charge in [0, 0.05) is 11.6 Å². The maximum absolute atomic E-state index is 11.0. The molecular weight excluding hydrogens is 216 g/mol. The zero-order valence-electron chi connectivity index (χ0n) is 9.77. The lowest BCUT2D eigenvalue weighted by Crippen LogP contribution is -2.05. The molecule has 2 rings (SSSR count). The molecule has 0 amide bonds. The Hall–Kier alpha value is -2.10. The summed E-state index contributed by atoms with van der Waals surface area (Å²) in [6.45, 7) is 4.13. The van der Waals surface area contributed by atoms with Crippen molar-refractivity contribution in [2.45, 2.75) is 19.8 Å². The van der Waals surface area contributed by atoms with Gasteiger partial charge in [0.05, 0.1) is 11.2 Å². The first-order chi connectivity index (χ1) is 8.02. The van der Waals surface area contributed by atoms with Gasteiger partial charge in [-0.2, -0.15) is 0 Å². The standard InChI is InChI=1S/C13H14N2O2/c1-7(2)8-4-3-5-9-11(14)10(13(16)17)6-15-12(8)9/h3-7H,1-2H3,(H2,14,15)(H,16,17). The molecule has 1 aromatic heterocycles. The summed E-state index contributed by atoms with van der Waals surface area (Å²) in [5, 5.41) is 9.69. The summed E-state index contributed by atoms with van der Waals surface area (Å²) in [4.78, 5) is 15.2. The van der Waals surface area contributed by atoms with E-state index < -0.39 is 5.97 Å². The second kappa shape index (κ2) is 4.05. The Bertz CT molecular complexity index is 591. The summed E-state index contributed by atoms with van der Waals surface area (Å²) < 4.78 is 0. The van der Waals surface area contributed by atoms with Crippen LogP contribution in [0.4, 0.5) is 5.69 Å². The number of benzene rings is 1. The largest absolute Gasteiger partial charge is 0.478 e. The number of hydrogen-bond donors (Lipinski definition) is 2. The summed E-state index contributed by atoms with van der Waals surface area (Å²) >= 11 is 0. The van der Waals surface area contributed by atoms with Crippen molar-refractivity contribution in [3.63, 3.8) is 0 Å². The minimum atomic E-state index is -1.05. The smallest absolute Gasteiger partial charge is 0.339 e. The van der Waals surface area contributed by atoms with E-state index in [-0.39, 0.29) is 11.3 Å². The number of para-hydroxylation sites is 1. The SMILES string of the molecule is CC(C)c1cccc2c(N)c(C(=O)O)cnc12. The molecule has 3 N–H and O–H groups in total. The van der Waals surface area contributed by atoms with Gasteiger partial charge >= 0.3 is 5.97 Å². The predicted octanol–water partition coefficient (Wildman–Crippen LogP) is 2.64. The second-order valence-electron chi connectivity index (χ2n) is 4.29. The highest BCUT2D eigenvalue weighted by Gasteiger charge is 2.14. The number of carboxylic acid groups (broad SMARTS) is 1. The second-order valence-corrected chi connectivity index (χ2v) is 4.29. The van der Waals surface area contributed by atoms with E-state index in [4.69, 9.17) is 10.8 Å². The Balaban J connectivity index is 2.80. The average Bonchev–Trinajstić information content (AvgIpc) is 2.28. The van der Waals surface area contributed by atoms with Crippen LogP contribution in [0.15, 0.2) is 24.4 Å². The first-order valence-electron chi connectivity index (χ1n) is 5.42. The fraction of sp³-hybridized carbons (Fsp3) is 0.231. The summed E-state index contributed by atoms with van der Waals surface area (Å²) in [5.74, 6) is -0.729. The first-order valence-corrected chi connectivity index (χ1v) is 5.42. The molecule has 0 unspecified atom stereocenters. The van der Waals surface area contributed by atoms with Crippen LogP contribution in [-0.4, -0.2) is 16.1 Å². The van der Waals surface area contributed by atoms with Gasteiger partial charge in [-0.05, 0) is 11.5 Å². The minimum absolute atomic E-state index is 0.0541. The monoisotopic (exact) mass is 230 g/mol. The van der Waals surface area contributed by atoms with Gasteiger partial charge in [-0.25, -0.2) is 4.79 Å². The molecular formula is C13H14N2O2. The molecule has 0 bridgehead atoms. The van der Waals surface area contributed by atoms with Gasteiger partial charge in [-0.3, -0.25) is 4.98 Å². The molecule has 88 valence electrons. The van der Waals surface area contributed by atoms with Crippen LogP contribution in [0.1, 0.15) is 35.7 Å². The number of nitrogen functional groups attached to an aromatic ring is 1. The number of nitrogens with zero attached hydrogens (tertiary/aromatic N) is 1. The Morgan fingerprint density at radius 1 is 1.41 bits per heavy atom. The van der Waals surface area contributed by atoms with Gasteiger partial charge in [0.25, 0.3) is 0 Å². The molecule has 0 saturated heterocycles. The third-order valence-electron chi connectivity index (χ3n) is 2.82. The predicted molar refractivity (Wildman–Crippen MR) is 67.2 cm³/mol. The summed E-state index contributed by atoms with van der Waals surface area (Å²) in [6, 6.07) is 5.66. The van der Waals surface area contributed by atoms with Gasteiger partial charge in [0.2, 0.25) is 0 Å². The van der Waals surface area contributed by atoms with Crippen LogP contribution < -0.4 is 5.73 Å². The highest BCUT2D eigenvalue weighted by molar-refractivity contribution is 6.03. The van der Waals surface area contributed by atoms with Gasteiger partial charge in [0.15, 0.2) is 0 Å². The average molecular weight is 230 g/mol. The number of rotatable bonds is 2. The van der Waals surface area contributed by atoms with Crippen LogP contribution in [0.3, 0.4) is 0 Å². The fourth-order valence-corrected chi connectivity index (χ4v) is 1.90. The van der Waals surface area contributed by atoms with Crippen molar-refractivity contribution in [1.29, 1.82) is 0 Å². The summed E-state index contributed by atoms with van der Waals surface area (Å²) in [5.41, 5.74) is 8.06. The molecule has 0 radical (unpaired) electrons. The van der Waals surface area contributed by atoms with Crippen LogP contribution in [0.2, 0.25) is 0 Å². The van der Waals surface area contributed by atoms with Crippen LogP contribution in [0, 0.1) is 0 Å². The number of nitrogens with two attached hydrogens (primary N) is 1. The van der Waals surface area contributed by atoms with Crippen LogP contribution >= 0.6 is 0 Å². The molecule has 0 fully saturated rings. The highest BCUT2D eigenvalue weighted by atomic mass is 16.4. The number of carbonyl (C=O) groups is 1. The number of fused-ring (bicyclic) bond motifs is 1. The van der Waals surface area contributed by atoms with Gasteiger partial charge in [-0.15, -0.1) is 0 Å². The van der Waals surface area contributed by atoms with E-state index in [1.165, 1.54) is 6.20 Å². The van der Waals surface area contributed by atoms with Crippen molar-refractivity contribution in [2.75, 3.05) is 5.73 Å². The van der Waals surface area contributed by atoms with Crippen LogP contribution in [-0.2, 0) is 0 Å². The molecule has 1 heterocycles. The van der Waals surface area contributed by atoms with E-state index >= 15 is 0 Å². The van der Waals surface area contributed by atoms with Crippen molar-refractivity contribution in [3.8, 4) is 0 Å². The molecule has 0 spiro atoms. The Morgan fingerprint density at radius 2 is 2.12 bits per heavy atom. The molecule has 0 aliphatic rings. The number of anilines is 1. The van der Waals surface area contributed by atoms with Crippen LogP contribution in [0.5, 0.6) is 0 Å². The Labute approximate surface area is 99.1 Å². The lowest BCUT2D eigenvalue weighted by molar-refractivity contribution is 0.0698. The number of aromatic nitrogens is 1. The van der Waals surface area contributed by atoms with Gasteiger partial charge < -0.3 is 10.8 Å². The minimum Gasteiger partial charge on any atom is -0.478 e. The fourth-order valence-electron chi connectivity index (χ4n) is 1.90. The third kappa shape index (κ3) is 1.82. The van der Waals surface area contributed by atoms with E-state index in [9.17, 15) is 4.79 Å². The zero-order valence-corrected chi connectivity index (χ0v) is 9.77. The Morgan fingerprint density at radius 3 is 2.71 bits per heavy atom. The Kier molecular flexibility index (Phi) is 2.71. The zero-order chi connectivity index (χ0) is 12.6. The lowest BCUT2D eigenvalue weighted by Gasteiger charge is -2.11. The summed E-state index contributed by atoms with van der Waals surface area (Å²) in [7, 11) is 0. The molecule has 2 aromatic rings. The van der Waals surface area contributed by atoms with Crippen molar-refractivity contribution in [3.05, 3.63) is 35.5 Å². The number of aromatic carboxylic acids is 1. The van der Waals surface area contributed by atoms with Gasteiger partial charge in [0.1, 0.15) is 5.56 Å². The van der Waals surface area contributed by atoms with E-state index in [2.05, 4.69) is 18.8 Å². The van der Waals surface area contributed by atoms with Gasteiger partial charge in [-0.1, -0.05) is 32.0 Å². The lowest BCUT2D eigenvalue weighted by atomic mass is 9.98. The molecule has 17 heavy (non-hydrogen) atoms. The van der Waals surface area contributed by atoms with E-state index in [1.54, 1.807) is 6.07 Å². The normalized spacial score (nSPS) is 11.0. The first kappa shape index (κ1) is 11.4. The van der Waals surface area contributed by atoms with Crippen molar-refractivity contribution < 1.29 is 9.90 Å². The van der Waals surface area contributed by atoms with Crippen LogP contribution in [0.25, 0.3) is 10.9 Å². The molecule has 0 saturated carbocycles. The summed E-state index contributed by atoms with van der Waals surface area (Å²) in [6.07, 6.45) is 1.33. The van der Waals surface area contributed by atoms with E-state index in [0.717, 1.165) is 11.1 Å². The maximum Gasteiger partial charge on any atom is 0.339 e. The number of hydrogen-bond acceptors (Lipinski definition) is 3. The van der Waals surface area contributed by atoms with Crippen molar-refractivity contribution >= 4 is 22.6 Å². The topological polar surface area (TPSA) is 76.2 Å². The molecule has 0 aliphatic carbocycles. The number of pyridine rings is 1. The van der Waals surface area contributed by atoms with Crippen molar-refractivity contribution in [2.24, 2.45) is 0 Å². The number of carboxylic acids is 1. The van der Waals surface area contributed by atoms with E-state index in [0.29, 0.717) is 11.3 Å². The molecule has 4 nitrogen and oxygen atoms in total. The maximum atomic E-state index is 11.0. The third-order valence-corrected chi connectivity index (χ3v) is 2.82. The van der Waals surface area contributed by atoms with E-state index in [1.807, 2.05) is 12.1 Å². The highest BCUT2D eigenvalue weighted by Crippen LogP contribution is 2.28. The quantitative estimate of drug-likeness (QED) is 0.831. The molecule has 0 atom stereocenters.